The summed E-state index contributed by atoms with van der Waals surface area (Å²) in [5.74, 6) is 1.28. The van der Waals surface area contributed by atoms with Crippen LogP contribution < -0.4 is 0 Å². The van der Waals surface area contributed by atoms with E-state index in [0.29, 0.717) is 24.6 Å². The molecule has 2 aromatic heterocycles. The van der Waals surface area contributed by atoms with E-state index in [-0.39, 0.29) is 5.92 Å². The van der Waals surface area contributed by atoms with E-state index in [1.165, 1.54) is 0 Å². The first kappa shape index (κ1) is 12.2. The molecule has 0 saturated carbocycles. The Balaban J connectivity index is 2.16. The van der Waals surface area contributed by atoms with Crippen LogP contribution in [0.5, 0.6) is 0 Å². The topological polar surface area (TPSA) is 75.6 Å². The maximum absolute atomic E-state index is 8.61. The monoisotopic (exact) mass is 242 g/mol. The summed E-state index contributed by atoms with van der Waals surface area (Å²) in [5, 5.41) is 12.5. The summed E-state index contributed by atoms with van der Waals surface area (Å²) in [6.45, 7) is 3.94. The van der Waals surface area contributed by atoms with Gasteiger partial charge in [0.05, 0.1) is 6.07 Å². The standard InChI is InChI=1S/C13H14N4O/c1-9(5-6-14)8-11-16-13(17-18-11)12-10(2)4-3-7-15-12/h3-4,7,9H,5,8H2,1-2H3. The Morgan fingerprint density at radius 1 is 1.50 bits per heavy atom. The van der Waals surface area contributed by atoms with E-state index in [2.05, 4.69) is 21.2 Å². The second-order valence-electron chi connectivity index (χ2n) is 4.35. The SMILES string of the molecule is Cc1cccnc1-c1noc(CC(C)CC#N)n1. The molecular weight excluding hydrogens is 228 g/mol. The number of hydrogen-bond donors (Lipinski definition) is 0. The van der Waals surface area contributed by atoms with E-state index in [1.807, 2.05) is 26.0 Å². The molecule has 5 heteroatoms. The lowest BCUT2D eigenvalue weighted by Gasteiger charge is -2.00. The third-order valence-corrected chi connectivity index (χ3v) is 2.65. The van der Waals surface area contributed by atoms with Crippen LogP contribution in [0.2, 0.25) is 0 Å². The molecular formula is C13H14N4O. The molecule has 0 radical (unpaired) electrons. The summed E-state index contributed by atoms with van der Waals surface area (Å²) < 4.78 is 5.18. The summed E-state index contributed by atoms with van der Waals surface area (Å²) in [4.78, 5) is 8.55. The van der Waals surface area contributed by atoms with Crippen LogP contribution in [0, 0.1) is 24.2 Å². The Kier molecular flexibility index (Phi) is 3.68. The van der Waals surface area contributed by atoms with Crippen LogP contribution in [0.3, 0.4) is 0 Å². The van der Waals surface area contributed by atoms with E-state index >= 15 is 0 Å². The van der Waals surface area contributed by atoms with Crippen molar-refractivity contribution < 1.29 is 4.52 Å². The van der Waals surface area contributed by atoms with Gasteiger partial charge in [-0.3, -0.25) is 4.98 Å². The largest absolute Gasteiger partial charge is 0.339 e. The van der Waals surface area contributed by atoms with Crippen molar-refractivity contribution in [2.45, 2.75) is 26.7 Å². The van der Waals surface area contributed by atoms with Crippen molar-refractivity contribution in [2.24, 2.45) is 5.92 Å². The molecule has 0 fully saturated rings. The molecule has 0 saturated heterocycles. The molecule has 0 aliphatic carbocycles. The van der Waals surface area contributed by atoms with Crippen molar-refractivity contribution >= 4 is 0 Å². The average molecular weight is 242 g/mol. The van der Waals surface area contributed by atoms with Crippen LogP contribution >= 0.6 is 0 Å². The van der Waals surface area contributed by atoms with Gasteiger partial charge in [0.2, 0.25) is 11.7 Å². The van der Waals surface area contributed by atoms with Gasteiger partial charge in [-0.25, -0.2) is 0 Å². The highest BCUT2D eigenvalue weighted by molar-refractivity contribution is 5.53. The minimum absolute atomic E-state index is 0.216. The normalized spacial score (nSPS) is 12.1. The molecule has 0 spiro atoms. The van der Waals surface area contributed by atoms with Gasteiger partial charge < -0.3 is 4.52 Å². The van der Waals surface area contributed by atoms with Crippen LogP contribution in [0.25, 0.3) is 11.5 Å². The molecule has 0 N–H and O–H groups in total. The summed E-state index contributed by atoms with van der Waals surface area (Å²) in [6, 6.07) is 5.96. The van der Waals surface area contributed by atoms with Gasteiger partial charge in [0.25, 0.3) is 0 Å². The number of nitrogens with zero attached hydrogens (tertiary/aromatic N) is 4. The highest BCUT2D eigenvalue weighted by atomic mass is 16.5. The fourth-order valence-electron chi connectivity index (χ4n) is 1.68. The van der Waals surface area contributed by atoms with Gasteiger partial charge in [-0.15, -0.1) is 0 Å². The number of pyridine rings is 1. The second kappa shape index (κ2) is 5.41. The van der Waals surface area contributed by atoms with Gasteiger partial charge in [0.15, 0.2) is 0 Å². The third kappa shape index (κ3) is 2.72. The van der Waals surface area contributed by atoms with Crippen molar-refractivity contribution in [3.8, 4) is 17.6 Å². The highest BCUT2D eigenvalue weighted by Gasteiger charge is 2.13. The lowest BCUT2D eigenvalue weighted by atomic mass is 10.1. The predicted molar refractivity (Wildman–Crippen MR) is 65.4 cm³/mol. The minimum atomic E-state index is 0.216. The van der Waals surface area contributed by atoms with Crippen LogP contribution in [0.4, 0.5) is 0 Å². The number of nitriles is 1. The maximum Gasteiger partial charge on any atom is 0.227 e. The lowest BCUT2D eigenvalue weighted by Crippen LogP contribution is -1.98. The molecule has 0 aliphatic rings. The van der Waals surface area contributed by atoms with Gasteiger partial charge in [0.1, 0.15) is 5.69 Å². The molecule has 5 nitrogen and oxygen atoms in total. The number of rotatable bonds is 4. The Hall–Kier alpha value is -2.22. The van der Waals surface area contributed by atoms with Crippen LogP contribution in [0.15, 0.2) is 22.9 Å². The van der Waals surface area contributed by atoms with Gasteiger partial charge >= 0.3 is 0 Å². The molecule has 1 unspecified atom stereocenters. The van der Waals surface area contributed by atoms with Crippen molar-refractivity contribution in [3.63, 3.8) is 0 Å². The fraction of sp³-hybridized carbons (Fsp3) is 0.385. The van der Waals surface area contributed by atoms with Crippen molar-refractivity contribution in [1.29, 1.82) is 5.26 Å². The third-order valence-electron chi connectivity index (χ3n) is 2.65. The predicted octanol–water partition coefficient (Wildman–Crippen LogP) is 2.53. The molecule has 0 bridgehead atoms. The lowest BCUT2D eigenvalue weighted by molar-refractivity contribution is 0.359. The summed E-state index contributed by atoms with van der Waals surface area (Å²) in [5.41, 5.74) is 1.75. The maximum atomic E-state index is 8.61. The Morgan fingerprint density at radius 2 is 2.33 bits per heavy atom. The first-order valence-corrected chi connectivity index (χ1v) is 5.82. The molecule has 2 rings (SSSR count). The molecule has 1 atom stereocenters. The summed E-state index contributed by atoms with van der Waals surface area (Å²) >= 11 is 0. The van der Waals surface area contributed by atoms with E-state index in [4.69, 9.17) is 9.78 Å². The smallest absolute Gasteiger partial charge is 0.227 e. The van der Waals surface area contributed by atoms with Crippen LogP contribution in [0.1, 0.15) is 24.8 Å². The quantitative estimate of drug-likeness (QED) is 0.823. The zero-order valence-corrected chi connectivity index (χ0v) is 10.4. The van der Waals surface area contributed by atoms with Gasteiger partial charge in [-0.1, -0.05) is 18.1 Å². The van der Waals surface area contributed by atoms with Crippen LogP contribution in [-0.2, 0) is 6.42 Å². The molecule has 0 amide bonds. The molecule has 0 aliphatic heterocycles. The summed E-state index contributed by atoms with van der Waals surface area (Å²) in [6.07, 6.45) is 2.81. The van der Waals surface area contributed by atoms with E-state index in [0.717, 1.165) is 11.3 Å². The van der Waals surface area contributed by atoms with Gasteiger partial charge in [0, 0.05) is 19.0 Å². The van der Waals surface area contributed by atoms with E-state index < -0.39 is 0 Å². The molecule has 18 heavy (non-hydrogen) atoms. The number of aryl methyl sites for hydroxylation is 1. The van der Waals surface area contributed by atoms with Crippen molar-refractivity contribution in [3.05, 3.63) is 29.8 Å². The highest BCUT2D eigenvalue weighted by Crippen LogP contribution is 2.18. The Bertz CT molecular complexity index is 570. The van der Waals surface area contributed by atoms with Gasteiger partial charge in [-0.2, -0.15) is 10.2 Å². The first-order valence-electron chi connectivity index (χ1n) is 5.82. The Morgan fingerprint density at radius 3 is 3.06 bits per heavy atom. The molecule has 92 valence electrons. The van der Waals surface area contributed by atoms with Crippen LogP contribution in [-0.4, -0.2) is 15.1 Å². The van der Waals surface area contributed by atoms with Crippen molar-refractivity contribution in [2.75, 3.05) is 0 Å². The minimum Gasteiger partial charge on any atom is -0.339 e. The van der Waals surface area contributed by atoms with E-state index in [9.17, 15) is 0 Å². The zero-order valence-electron chi connectivity index (χ0n) is 10.4. The molecule has 2 aromatic rings. The molecule has 2 heterocycles. The van der Waals surface area contributed by atoms with Gasteiger partial charge in [-0.05, 0) is 24.5 Å². The average Bonchev–Trinajstić information content (AvgIpc) is 2.78. The first-order chi connectivity index (χ1) is 8.70. The summed E-state index contributed by atoms with van der Waals surface area (Å²) in [7, 11) is 0. The Labute approximate surface area is 105 Å². The number of hydrogen-bond acceptors (Lipinski definition) is 5. The van der Waals surface area contributed by atoms with E-state index in [1.54, 1.807) is 6.20 Å². The molecule has 0 aromatic carbocycles. The zero-order chi connectivity index (χ0) is 13.0. The van der Waals surface area contributed by atoms with Crippen molar-refractivity contribution in [1.82, 2.24) is 15.1 Å². The number of aromatic nitrogens is 3. The fourth-order valence-corrected chi connectivity index (χ4v) is 1.68. The second-order valence-corrected chi connectivity index (χ2v) is 4.35.